The Bertz CT molecular complexity index is 1170. The van der Waals surface area contributed by atoms with Crippen LogP contribution < -0.4 is 0 Å². The van der Waals surface area contributed by atoms with E-state index >= 15 is 0 Å². The number of benzene rings is 3. The second-order valence-corrected chi connectivity index (χ2v) is 11.8. The minimum absolute atomic E-state index is 0.0703. The van der Waals surface area contributed by atoms with Crippen molar-refractivity contribution < 1.29 is 27.2 Å². The van der Waals surface area contributed by atoms with Gasteiger partial charge in [0.1, 0.15) is 0 Å². The summed E-state index contributed by atoms with van der Waals surface area (Å²) in [7, 11) is -6.76. The Hall–Kier alpha value is -1.78. The maximum absolute atomic E-state index is 13.4. The lowest BCUT2D eigenvalue weighted by atomic mass is 9.96. The summed E-state index contributed by atoms with van der Waals surface area (Å²) >= 11 is 0. The molecule has 0 aromatic heterocycles. The Labute approximate surface area is 202 Å². The molecule has 34 heavy (non-hydrogen) atoms. The molecule has 184 valence electrons. The van der Waals surface area contributed by atoms with Crippen LogP contribution in [0.2, 0.25) is 0 Å². The van der Waals surface area contributed by atoms with Crippen molar-refractivity contribution >= 4 is 26.0 Å². The van der Waals surface area contributed by atoms with E-state index in [0.717, 1.165) is 33.0 Å². The minimum Gasteiger partial charge on any atom is -0.309 e. The average molecular weight is 505 g/mol. The van der Waals surface area contributed by atoms with E-state index < -0.39 is 15.2 Å². The molecule has 0 aliphatic heterocycles. The Morgan fingerprint density at radius 3 is 1.74 bits per heavy atom. The summed E-state index contributed by atoms with van der Waals surface area (Å²) in [6.45, 7) is 8.24. The fourth-order valence-corrected chi connectivity index (χ4v) is 7.56. The van der Waals surface area contributed by atoms with Crippen LogP contribution in [0, 0.1) is 0 Å². The first-order valence-electron chi connectivity index (χ1n) is 11.7. The van der Waals surface area contributed by atoms with Crippen molar-refractivity contribution in [3.63, 3.8) is 0 Å². The van der Waals surface area contributed by atoms with Gasteiger partial charge in [0.15, 0.2) is 0 Å². The van der Waals surface area contributed by atoms with Crippen LogP contribution in [0.4, 0.5) is 0 Å². The maximum Gasteiger partial charge on any atom is 0.335 e. The van der Waals surface area contributed by atoms with Gasteiger partial charge in [-0.15, -0.1) is 0 Å². The molecule has 8 heteroatoms. The van der Waals surface area contributed by atoms with Gasteiger partial charge in [-0.05, 0) is 60.7 Å². The maximum atomic E-state index is 13.4. The van der Waals surface area contributed by atoms with E-state index in [1.807, 2.05) is 36.4 Å². The highest BCUT2D eigenvalue weighted by atomic mass is 31.2. The molecular weight excluding hydrogens is 470 g/mol. The largest absolute Gasteiger partial charge is 0.335 e. The molecule has 0 aliphatic carbocycles. The van der Waals surface area contributed by atoms with Crippen molar-refractivity contribution in [1.29, 1.82) is 0 Å². The van der Waals surface area contributed by atoms with Crippen molar-refractivity contribution in [3.05, 3.63) is 71.8 Å². The van der Waals surface area contributed by atoms with Crippen LogP contribution in [0.3, 0.4) is 0 Å². The van der Waals surface area contributed by atoms with Crippen molar-refractivity contribution in [2.75, 3.05) is 26.4 Å². The normalized spacial score (nSPS) is 12.4. The molecule has 0 unspecified atom stereocenters. The highest BCUT2D eigenvalue weighted by Crippen LogP contribution is 2.55. The summed E-state index contributed by atoms with van der Waals surface area (Å²) in [6, 6.07) is 20.3. The third kappa shape index (κ3) is 6.66. The third-order valence-corrected chi connectivity index (χ3v) is 9.40. The molecule has 3 rings (SSSR count). The monoisotopic (exact) mass is 504 g/mol. The smallest absolute Gasteiger partial charge is 0.309 e. The van der Waals surface area contributed by atoms with Gasteiger partial charge in [0.05, 0.1) is 38.8 Å². The molecule has 0 fully saturated rings. The van der Waals surface area contributed by atoms with E-state index in [-0.39, 0.29) is 38.8 Å². The number of rotatable bonds is 13. The van der Waals surface area contributed by atoms with Crippen molar-refractivity contribution in [2.45, 2.75) is 40.0 Å². The topological polar surface area (TPSA) is 71.1 Å². The highest BCUT2D eigenvalue weighted by molar-refractivity contribution is 7.53. The van der Waals surface area contributed by atoms with Gasteiger partial charge in [0.25, 0.3) is 0 Å². The van der Waals surface area contributed by atoms with Gasteiger partial charge in [-0.2, -0.15) is 0 Å². The minimum atomic E-state index is -3.40. The van der Waals surface area contributed by atoms with E-state index in [1.54, 1.807) is 27.7 Å². The van der Waals surface area contributed by atoms with Crippen LogP contribution in [0.25, 0.3) is 21.9 Å². The van der Waals surface area contributed by atoms with Crippen LogP contribution in [0.1, 0.15) is 38.8 Å². The molecule has 0 atom stereocenters. The van der Waals surface area contributed by atoms with Gasteiger partial charge in [-0.3, -0.25) is 9.13 Å². The standard InChI is InChI=1S/C26H34O6P2/c1-5-29-33(27,30-6-2)19-23-17-16-22(18-24(23)20-34(28,31-7-3)32-8-4)26-15-11-13-21-12-9-10-14-25(21)26/h9-18H,5-8,19-20H2,1-4H3. The predicted octanol–water partition coefficient (Wildman–Crippen LogP) is 8.04. The summed E-state index contributed by atoms with van der Waals surface area (Å²) in [5.74, 6) is 0. The fourth-order valence-electron chi connectivity index (χ4n) is 4.03. The second kappa shape index (κ2) is 12.3. The van der Waals surface area contributed by atoms with E-state index in [1.165, 1.54) is 0 Å². The average Bonchev–Trinajstić information content (AvgIpc) is 2.80. The zero-order chi connectivity index (χ0) is 24.6. The predicted molar refractivity (Wildman–Crippen MR) is 139 cm³/mol. The molecule has 0 N–H and O–H groups in total. The van der Waals surface area contributed by atoms with E-state index in [2.05, 4.69) is 24.3 Å². The lowest BCUT2D eigenvalue weighted by Crippen LogP contribution is -2.05. The summed E-state index contributed by atoms with van der Waals surface area (Å²) in [4.78, 5) is 0. The van der Waals surface area contributed by atoms with Gasteiger partial charge in [-0.25, -0.2) is 0 Å². The molecule has 0 amide bonds. The molecule has 0 heterocycles. The second-order valence-electron chi connectivity index (χ2n) is 7.72. The summed E-state index contributed by atoms with van der Waals surface area (Å²) < 4.78 is 48.9. The molecule has 3 aromatic carbocycles. The number of fused-ring (bicyclic) bond motifs is 1. The summed E-state index contributed by atoms with van der Waals surface area (Å²) in [5, 5.41) is 2.26. The highest BCUT2D eigenvalue weighted by Gasteiger charge is 2.30. The van der Waals surface area contributed by atoms with Crippen molar-refractivity contribution in [1.82, 2.24) is 0 Å². The van der Waals surface area contributed by atoms with Gasteiger partial charge >= 0.3 is 15.2 Å². The summed E-state index contributed by atoms with van der Waals surface area (Å²) in [5.41, 5.74) is 3.52. The molecule has 0 bridgehead atoms. The van der Waals surface area contributed by atoms with E-state index in [0.29, 0.717) is 0 Å². The summed E-state index contributed by atoms with van der Waals surface area (Å²) in [6.07, 6.45) is 0.152. The Kier molecular flexibility index (Phi) is 9.67. The van der Waals surface area contributed by atoms with Crippen molar-refractivity contribution in [2.24, 2.45) is 0 Å². The van der Waals surface area contributed by atoms with Gasteiger partial charge < -0.3 is 18.1 Å². The Morgan fingerprint density at radius 1 is 0.618 bits per heavy atom. The molecule has 6 nitrogen and oxygen atoms in total. The third-order valence-electron chi connectivity index (χ3n) is 5.34. The van der Waals surface area contributed by atoms with E-state index in [4.69, 9.17) is 18.1 Å². The number of hydrogen-bond donors (Lipinski definition) is 0. The zero-order valence-corrected chi connectivity index (χ0v) is 22.1. The van der Waals surface area contributed by atoms with Crippen LogP contribution in [-0.4, -0.2) is 26.4 Å². The first-order chi connectivity index (χ1) is 16.4. The molecule has 3 aromatic rings. The van der Waals surface area contributed by atoms with Gasteiger partial charge in [-0.1, -0.05) is 60.7 Å². The molecular formula is C26H34O6P2. The van der Waals surface area contributed by atoms with E-state index in [9.17, 15) is 9.13 Å². The molecule has 0 spiro atoms. The SMILES string of the molecule is CCOP(=O)(Cc1ccc(-c2cccc3ccccc23)cc1CP(=O)(OCC)OCC)OCC. The van der Waals surface area contributed by atoms with Crippen molar-refractivity contribution in [3.8, 4) is 11.1 Å². The van der Waals surface area contributed by atoms with Crippen LogP contribution in [0.5, 0.6) is 0 Å². The zero-order valence-electron chi connectivity index (χ0n) is 20.4. The lowest BCUT2D eigenvalue weighted by molar-refractivity contribution is 0.217. The lowest BCUT2D eigenvalue weighted by Gasteiger charge is -2.22. The Balaban J connectivity index is 2.12. The molecule has 0 saturated carbocycles. The number of hydrogen-bond acceptors (Lipinski definition) is 6. The van der Waals surface area contributed by atoms with Crippen LogP contribution >= 0.6 is 15.2 Å². The Morgan fingerprint density at radius 2 is 1.15 bits per heavy atom. The van der Waals surface area contributed by atoms with Crippen LogP contribution in [0.15, 0.2) is 60.7 Å². The quantitative estimate of drug-likeness (QED) is 0.219. The first kappa shape index (κ1) is 26.8. The molecule has 0 radical (unpaired) electrons. The fraction of sp³-hybridized carbons (Fsp3) is 0.385. The first-order valence-corrected chi connectivity index (χ1v) is 15.2. The molecule has 0 aliphatic rings. The van der Waals surface area contributed by atoms with Gasteiger partial charge in [0, 0.05) is 0 Å². The van der Waals surface area contributed by atoms with Gasteiger partial charge in [0.2, 0.25) is 0 Å². The van der Waals surface area contributed by atoms with Crippen LogP contribution in [-0.2, 0) is 39.5 Å². The molecule has 0 saturated heterocycles.